The summed E-state index contributed by atoms with van der Waals surface area (Å²) in [5, 5.41) is 1.28. The predicted octanol–water partition coefficient (Wildman–Crippen LogP) is 1.75. The van der Waals surface area contributed by atoms with E-state index in [1.54, 1.807) is 0 Å². The molecule has 1 radical (unpaired) electrons. The maximum Gasteiger partial charge on any atom is 0.196 e. The van der Waals surface area contributed by atoms with Gasteiger partial charge in [-0.15, -0.1) is 0 Å². The van der Waals surface area contributed by atoms with Crippen LogP contribution in [0.15, 0.2) is 30.3 Å². The largest absolute Gasteiger partial charge is 0.196 e. The molecule has 0 unspecified atom stereocenters. The van der Waals surface area contributed by atoms with Gasteiger partial charge < -0.3 is 0 Å². The number of halogens is 1. The lowest BCUT2D eigenvalue weighted by molar-refractivity contribution is 1.76. The molecule has 1 aromatic carbocycles. The van der Waals surface area contributed by atoms with Gasteiger partial charge >= 0.3 is 0 Å². The van der Waals surface area contributed by atoms with Gasteiger partial charge in [0, 0.05) is 0 Å². The molecular weight excluding hydrogens is 148 g/mol. The zero-order valence-electron chi connectivity index (χ0n) is 5.26. The lowest BCUT2D eigenvalue weighted by atomic mass is 10.4. The highest BCUT2D eigenvalue weighted by atomic mass is 35.6. The molecule has 0 aliphatic heterocycles. The normalized spacial score (nSPS) is 10.1. The van der Waals surface area contributed by atoms with Crippen LogP contribution in [0, 0.1) is 0 Å². The number of hydrogen-bond acceptors (Lipinski definition) is 0. The van der Waals surface area contributed by atoms with Crippen molar-refractivity contribution in [3.05, 3.63) is 30.3 Å². The molecule has 0 aromatic heterocycles. The molecule has 0 heterocycles. The van der Waals surface area contributed by atoms with Gasteiger partial charge in [0.25, 0.3) is 0 Å². The van der Waals surface area contributed by atoms with E-state index in [0.29, 0.717) is 0 Å². The molecule has 0 aliphatic rings. The van der Waals surface area contributed by atoms with Crippen molar-refractivity contribution in [3.63, 3.8) is 0 Å². The molecule has 0 amide bonds. The van der Waals surface area contributed by atoms with Crippen molar-refractivity contribution < 1.29 is 0 Å². The number of hydrogen-bond donors (Lipinski definition) is 0. The molecule has 47 valence electrons. The summed E-state index contributed by atoms with van der Waals surface area (Å²) in [6, 6.07) is 10.2. The molecular formula is C7H8ClSi. The molecule has 0 aliphatic carbocycles. The van der Waals surface area contributed by atoms with Crippen molar-refractivity contribution in [1.29, 1.82) is 0 Å². The lowest BCUT2D eigenvalue weighted by Gasteiger charge is -1.96. The summed E-state index contributed by atoms with van der Waals surface area (Å²) in [6.45, 7) is 2.07. The summed E-state index contributed by atoms with van der Waals surface area (Å²) in [5.41, 5.74) is 0. The molecule has 0 saturated carbocycles. The molecule has 0 bridgehead atoms. The van der Waals surface area contributed by atoms with Crippen LogP contribution in [-0.4, -0.2) is 8.11 Å². The Morgan fingerprint density at radius 3 is 2.11 bits per heavy atom. The van der Waals surface area contributed by atoms with Crippen LogP contribution in [0.5, 0.6) is 0 Å². The van der Waals surface area contributed by atoms with Crippen LogP contribution in [0.1, 0.15) is 0 Å². The monoisotopic (exact) mass is 155 g/mol. The highest BCUT2D eigenvalue weighted by Gasteiger charge is 1.99. The first-order chi connectivity index (χ1) is 4.30. The highest BCUT2D eigenvalue weighted by Crippen LogP contribution is 1.90. The van der Waals surface area contributed by atoms with Gasteiger partial charge in [-0.2, -0.15) is 11.1 Å². The van der Waals surface area contributed by atoms with Gasteiger partial charge in [-0.3, -0.25) is 0 Å². The van der Waals surface area contributed by atoms with Crippen LogP contribution in [0.2, 0.25) is 6.55 Å². The van der Waals surface area contributed by atoms with Gasteiger partial charge in [0.15, 0.2) is 8.11 Å². The Hall–Kier alpha value is -0.273. The zero-order valence-corrected chi connectivity index (χ0v) is 7.02. The van der Waals surface area contributed by atoms with E-state index in [0.717, 1.165) is 0 Å². The van der Waals surface area contributed by atoms with Crippen LogP contribution in [-0.2, 0) is 0 Å². The van der Waals surface area contributed by atoms with Crippen molar-refractivity contribution in [2.24, 2.45) is 0 Å². The van der Waals surface area contributed by atoms with E-state index in [2.05, 4.69) is 18.7 Å². The first-order valence-electron chi connectivity index (χ1n) is 2.85. The van der Waals surface area contributed by atoms with E-state index in [1.165, 1.54) is 5.19 Å². The fraction of sp³-hybridized carbons (Fsp3) is 0.143. The maximum absolute atomic E-state index is 5.90. The van der Waals surface area contributed by atoms with Gasteiger partial charge in [0.05, 0.1) is 0 Å². The van der Waals surface area contributed by atoms with E-state index >= 15 is 0 Å². The summed E-state index contributed by atoms with van der Waals surface area (Å²) in [4.78, 5) is 0. The van der Waals surface area contributed by atoms with E-state index in [-0.39, 0.29) is 0 Å². The fourth-order valence-electron chi connectivity index (χ4n) is 0.668. The second kappa shape index (κ2) is 3.04. The third kappa shape index (κ3) is 1.84. The second-order valence-electron chi connectivity index (χ2n) is 1.90. The van der Waals surface area contributed by atoms with Gasteiger partial charge in [0.1, 0.15) is 0 Å². The molecule has 0 N–H and O–H groups in total. The molecule has 0 atom stereocenters. The Kier molecular flexibility index (Phi) is 2.31. The summed E-state index contributed by atoms with van der Waals surface area (Å²) in [7, 11) is -0.740. The summed E-state index contributed by atoms with van der Waals surface area (Å²) >= 11 is 5.90. The first-order valence-corrected chi connectivity index (χ1v) is 5.86. The maximum atomic E-state index is 5.90. The van der Waals surface area contributed by atoms with Crippen molar-refractivity contribution in [3.8, 4) is 0 Å². The topological polar surface area (TPSA) is 0 Å². The van der Waals surface area contributed by atoms with Gasteiger partial charge in [-0.25, -0.2) is 0 Å². The minimum absolute atomic E-state index is 0.740. The third-order valence-corrected chi connectivity index (χ3v) is 2.96. The van der Waals surface area contributed by atoms with Crippen LogP contribution < -0.4 is 5.19 Å². The van der Waals surface area contributed by atoms with Gasteiger partial charge in [-0.1, -0.05) is 36.9 Å². The number of rotatable bonds is 1. The van der Waals surface area contributed by atoms with E-state index in [4.69, 9.17) is 11.1 Å². The smallest absolute Gasteiger partial charge is 0.163 e. The van der Waals surface area contributed by atoms with E-state index in [9.17, 15) is 0 Å². The minimum atomic E-state index is -0.740. The van der Waals surface area contributed by atoms with Crippen LogP contribution in [0.25, 0.3) is 0 Å². The molecule has 2 heteroatoms. The van der Waals surface area contributed by atoms with Crippen molar-refractivity contribution in [2.75, 3.05) is 0 Å². The SMILES string of the molecule is C[Si](Cl)c1ccccc1. The van der Waals surface area contributed by atoms with Gasteiger partial charge in [-0.05, 0) is 5.19 Å². The highest BCUT2D eigenvalue weighted by molar-refractivity contribution is 7.13. The first kappa shape index (κ1) is 6.84. The molecule has 1 aromatic rings. The average Bonchev–Trinajstić information content (AvgIpc) is 1.90. The Morgan fingerprint density at radius 2 is 1.78 bits per heavy atom. The Balaban J connectivity index is 2.85. The van der Waals surface area contributed by atoms with Crippen LogP contribution >= 0.6 is 11.1 Å². The molecule has 1 rings (SSSR count). The fourth-order valence-corrected chi connectivity index (χ4v) is 1.70. The van der Waals surface area contributed by atoms with E-state index < -0.39 is 8.11 Å². The summed E-state index contributed by atoms with van der Waals surface area (Å²) < 4.78 is 0. The number of benzene rings is 1. The predicted molar refractivity (Wildman–Crippen MR) is 43.5 cm³/mol. The van der Waals surface area contributed by atoms with Crippen LogP contribution in [0.3, 0.4) is 0 Å². The molecule has 0 nitrogen and oxygen atoms in total. The average molecular weight is 156 g/mol. The molecule has 0 spiro atoms. The van der Waals surface area contributed by atoms with Crippen molar-refractivity contribution in [2.45, 2.75) is 6.55 Å². The minimum Gasteiger partial charge on any atom is -0.163 e. The third-order valence-electron chi connectivity index (χ3n) is 1.17. The van der Waals surface area contributed by atoms with Gasteiger partial charge in [0.2, 0.25) is 0 Å². The quantitative estimate of drug-likeness (QED) is 0.428. The second-order valence-corrected chi connectivity index (χ2v) is 5.24. The summed E-state index contributed by atoms with van der Waals surface area (Å²) in [5.74, 6) is 0. The van der Waals surface area contributed by atoms with E-state index in [1.807, 2.05) is 18.2 Å². The standard InChI is InChI=1S/C7H8ClSi/c1-9(8)7-5-3-2-4-6-7/h2-6H,1H3. The Labute approximate surface area is 61.8 Å². The van der Waals surface area contributed by atoms with Crippen LogP contribution in [0.4, 0.5) is 0 Å². The lowest BCUT2D eigenvalue weighted by Crippen LogP contribution is -2.18. The zero-order chi connectivity index (χ0) is 6.69. The van der Waals surface area contributed by atoms with Crippen molar-refractivity contribution in [1.82, 2.24) is 0 Å². The Bertz CT molecular complexity index is 172. The van der Waals surface area contributed by atoms with Crippen molar-refractivity contribution >= 4 is 24.4 Å². The molecule has 9 heavy (non-hydrogen) atoms. The molecule has 0 saturated heterocycles. The summed E-state index contributed by atoms with van der Waals surface area (Å²) in [6.07, 6.45) is 0. The Morgan fingerprint density at radius 1 is 1.22 bits per heavy atom. The molecule has 0 fully saturated rings.